The molecule has 0 amide bonds. The Hall–Kier alpha value is -0.670. The maximum atomic E-state index is 9.29. The highest BCUT2D eigenvalue weighted by molar-refractivity contribution is 8.00. The number of rotatable bonds is 6. The molecule has 0 aromatic heterocycles. The maximum absolute atomic E-state index is 9.29. The van der Waals surface area contributed by atoms with Crippen molar-refractivity contribution in [1.82, 2.24) is 5.32 Å². The number of benzene rings is 1. The van der Waals surface area contributed by atoms with Crippen LogP contribution >= 0.6 is 11.8 Å². The Labute approximate surface area is 108 Å². The van der Waals surface area contributed by atoms with Crippen LogP contribution in [0.3, 0.4) is 0 Å². The minimum atomic E-state index is 0.339. The van der Waals surface area contributed by atoms with Crippen LogP contribution in [0, 0.1) is 0 Å². The van der Waals surface area contributed by atoms with Gasteiger partial charge in [-0.25, -0.2) is 0 Å². The van der Waals surface area contributed by atoms with Gasteiger partial charge in [0.05, 0.1) is 0 Å². The normalized spacial score (nSPS) is 18.9. The van der Waals surface area contributed by atoms with Crippen molar-refractivity contribution in [3.05, 3.63) is 29.8 Å². The second kappa shape index (κ2) is 5.32. The monoisotopic (exact) mass is 251 g/mol. The lowest BCUT2D eigenvalue weighted by molar-refractivity contribution is 0.473. The van der Waals surface area contributed by atoms with Crippen molar-refractivity contribution in [2.45, 2.75) is 37.0 Å². The fourth-order valence-electron chi connectivity index (χ4n) is 2.11. The molecule has 1 atom stereocenters. The van der Waals surface area contributed by atoms with E-state index in [1.807, 2.05) is 23.9 Å². The maximum Gasteiger partial charge on any atom is 0.115 e. The molecule has 1 aliphatic carbocycles. The van der Waals surface area contributed by atoms with E-state index in [2.05, 4.69) is 18.5 Å². The summed E-state index contributed by atoms with van der Waals surface area (Å²) in [5.74, 6) is 0.339. The molecule has 2 rings (SSSR count). The van der Waals surface area contributed by atoms with E-state index in [0.717, 1.165) is 13.0 Å². The molecule has 2 N–H and O–H groups in total. The number of hydrogen-bond donors (Lipinski definition) is 2. The van der Waals surface area contributed by atoms with E-state index in [1.165, 1.54) is 18.4 Å². The first-order valence-corrected chi connectivity index (χ1v) is 7.49. The quantitative estimate of drug-likeness (QED) is 0.813. The van der Waals surface area contributed by atoms with Crippen LogP contribution in [-0.2, 0) is 0 Å². The van der Waals surface area contributed by atoms with E-state index in [4.69, 9.17) is 0 Å². The third kappa shape index (κ3) is 3.17. The highest BCUT2D eigenvalue weighted by atomic mass is 32.2. The van der Waals surface area contributed by atoms with Gasteiger partial charge in [-0.15, -0.1) is 0 Å². The molecular weight excluding hydrogens is 230 g/mol. The molecule has 0 bridgehead atoms. The number of phenols is 1. The van der Waals surface area contributed by atoms with Crippen LogP contribution in [0.2, 0.25) is 0 Å². The molecule has 1 aromatic carbocycles. The van der Waals surface area contributed by atoms with Crippen LogP contribution in [0.5, 0.6) is 5.75 Å². The molecule has 0 aliphatic heterocycles. The lowest BCUT2D eigenvalue weighted by atomic mass is 10.0. The summed E-state index contributed by atoms with van der Waals surface area (Å²) in [4.78, 5) is 0. The van der Waals surface area contributed by atoms with Gasteiger partial charge in [-0.2, -0.15) is 11.8 Å². The SMILES string of the molecule is CCC(NCC1(SC)CC1)c1ccc(O)cc1. The van der Waals surface area contributed by atoms with Crippen LogP contribution in [0.15, 0.2) is 24.3 Å². The molecule has 17 heavy (non-hydrogen) atoms. The summed E-state index contributed by atoms with van der Waals surface area (Å²) < 4.78 is 0.504. The largest absolute Gasteiger partial charge is 0.508 e. The highest BCUT2D eigenvalue weighted by Crippen LogP contribution is 2.46. The second-order valence-corrected chi connectivity index (χ2v) is 6.09. The Morgan fingerprint density at radius 2 is 2.00 bits per heavy atom. The summed E-state index contributed by atoms with van der Waals surface area (Å²) in [6, 6.07) is 7.95. The minimum absolute atomic E-state index is 0.339. The number of thioether (sulfide) groups is 1. The smallest absolute Gasteiger partial charge is 0.115 e. The number of aromatic hydroxyl groups is 1. The van der Waals surface area contributed by atoms with Crippen LogP contribution < -0.4 is 5.32 Å². The molecular formula is C14H21NOS. The summed E-state index contributed by atoms with van der Waals surface area (Å²) in [6.07, 6.45) is 5.96. The van der Waals surface area contributed by atoms with Gasteiger partial charge in [-0.1, -0.05) is 19.1 Å². The van der Waals surface area contributed by atoms with Crippen molar-refractivity contribution < 1.29 is 5.11 Å². The van der Waals surface area contributed by atoms with E-state index in [0.29, 0.717) is 16.5 Å². The summed E-state index contributed by atoms with van der Waals surface area (Å²) in [5.41, 5.74) is 1.27. The van der Waals surface area contributed by atoms with Crippen molar-refractivity contribution in [1.29, 1.82) is 0 Å². The van der Waals surface area contributed by atoms with Crippen molar-refractivity contribution in [3.8, 4) is 5.75 Å². The van der Waals surface area contributed by atoms with Crippen LogP contribution in [-0.4, -0.2) is 22.7 Å². The average Bonchev–Trinajstić information content (AvgIpc) is 3.13. The predicted molar refractivity (Wildman–Crippen MR) is 74.6 cm³/mol. The van der Waals surface area contributed by atoms with Gasteiger partial charge >= 0.3 is 0 Å². The molecule has 2 nitrogen and oxygen atoms in total. The molecule has 94 valence electrons. The molecule has 1 unspecified atom stereocenters. The van der Waals surface area contributed by atoms with Crippen LogP contribution in [0.1, 0.15) is 37.8 Å². The summed E-state index contributed by atoms with van der Waals surface area (Å²) >= 11 is 1.99. The third-order valence-electron chi connectivity index (χ3n) is 3.62. The number of phenolic OH excluding ortho intramolecular Hbond substituents is 1. The standard InChI is InChI=1S/C14H21NOS/c1-3-13(11-4-6-12(16)7-5-11)15-10-14(17-2)8-9-14/h4-7,13,15-16H,3,8-10H2,1-2H3. The topological polar surface area (TPSA) is 32.3 Å². The summed E-state index contributed by atoms with van der Waals surface area (Å²) in [5, 5.41) is 13.0. The van der Waals surface area contributed by atoms with Gasteiger partial charge in [0.1, 0.15) is 5.75 Å². The van der Waals surface area contributed by atoms with Crippen molar-refractivity contribution in [3.63, 3.8) is 0 Å². The van der Waals surface area contributed by atoms with Crippen LogP contribution in [0.25, 0.3) is 0 Å². The van der Waals surface area contributed by atoms with Crippen molar-refractivity contribution in [2.24, 2.45) is 0 Å². The molecule has 1 fully saturated rings. The lowest BCUT2D eigenvalue weighted by Gasteiger charge is -2.21. The first kappa shape index (κ1) is 12.8. The number of nitrogens with one attached hydrogen (secondary N) is 1. The average molecular weight is 251 g/mol. The Kier molecular flexibility index (Phi) is 4.00. The van der Waals surface area contributed by atoms with E-state index in [-0.39, 0.29) is 0 Å². The van der Waals surface area contributed by atoms with E-state index in [9.17, 15) is 5.11 Å². The Bertz CT molecular complexity index is 359. The molecule has 1 aromatic rings. The van der Waals surface area contributed by atoms with Crippen LogP contribution in [0.4, 0.5) is 0 Å². The fraction of sp³-hybridized carbons (Fsp3) is 0.571. The first-order valence-electron chi connectivity index (χ1n) is 6.26. The second-order valence-electron chi connectivity index (χ2n) is 4.82. The van der Waals surface area contributed by atoms with Gasteiger partial charge in [0.15, 0.2) is 0 Å². The molecule has 3 heteroatoms. The number of hydrogen-bond acceptors (Lipinski definition) is 3. The van der Waals surface area contributed by atoms with E-state index < -0.39 is 0 Å². The molecule has 0 spiro atoms. The highest BCUT2D eigenvalue weighted by Gasteiger charge is 2.41. The zero-order chi connectivity index (χ0) is 12.3. The van der Waals surface area contributed by atoms with Crippen molar-refractivity contribution >= 4 is 11.8 Å². The zero-order valence-electron chi connectivity index (χ0n) is 10.6. The third-order valence-corrected chi connectivity index (χ3v) is 5.03. The Morgan fingerprint density at radius 1 is 1.35 bits per heavy atom. The fourth-order valence-corrected chi connectivity index (χ4v) is 2.84. The van der Waals surface area contributed by atoms with Gasteiger partial charge in [0.2, 0.25) is 0 Å². The predicted octanol–water partition coefficient (Wildman–Crippen LogP) is 3.33. The van der Waals surface area contributed by atoms with E-state index >= 15 is 0 Å². The van der Waals surface area contributed by atoms with Crippen molar-refractivity contribution in [2.75, 3.05) is 12.8 Å². The molecule has 1 aliphatic rings. The summed E-state index contributed by atoms with van der Waals surface area (Å²) in [7, 11) is 0. The molecule has 0 radical (unpaired) electrons. The summed E-state index contributed by atoms with van der Waals surface area (Å²) in [6.45, 7) is 3.29. The lowest BCUT2D eigenvalue weighted by Crippen LogP contribution is -2.29. The van der Waals surface area contributed by atoms with Gasteiger partial charge in [-0.05, 0) is 43.2 Å². The zero-order valence-corrected chi connectivity index (χ0v) is 11.4. The van der Waals surface area contributed by atoms with Gasteiger partial charge in [-0.3, -0.25) is 0 Å². The van der Waals surface area contributed by atoms with E-state index in [1.54, 1.807) is 12.1 Å². The Morgan fingerprint density at radius 3 is 2.47 bits per heavy atom. The van der Waals surface area contributed by atoms with Gasteiger partial charge < -0.3 is 10.4 Å². The Balaban J connectivity index is 1.94. The minimum Gasteiger partial charge on any atom is -0.508 e. The first-order chi connectivity index (χ1) is 8.19. The van der Waals surface area contributed by atoms with Gasteiger partial charge in [0.25, 0.3) is 0 Å². The molecule has 0 saturated heterocycles. The molecule has 1 saturated carbocycles. The van der Waals surface area contributed by atoms with Gasteiger partial charge in [0, 0.05) is 17.3 Å². The molecule has 0 heterocycles.